The third kappa shape index (κ3) is 5.17. The molecule has 0 N–H and O–H groups in total. The zero-order valence-corrected chi connectivity index (χ0v) is 11.1. The minimum Gasteiger partial charge on any atom is -0.371 e. The van der Waals surface area contributed by atoms with Gasteiger partial charge in [0.15, 0.2) is 0 Å². The van der Waals surface area contributed by atoms with Crippen LogP contribution in [-0.4, -0.2) is 42.5 Å². The van der Waals surface area contributed by atoms with Gasteiger partial charge in [-0.3, -0.25) is 0 Å². The monoisotopic (exact) mass is 222 g/mol. The van der Waals surface area contributed by atoms with Crippen LogP contribution in [0.3, 0.4) is 0 Å². The van der Waals surface area contributed by atoms with Gasteiger partial charge in [0, 0.05) is 25.3 Å². The van der Waals surface area contributed by atoms with Gasteiger partial charge >= 0.3 is 0 Å². The summed E-state index contributed by atoms with van der Waals surface area (Å²) < 4.78 is 0. The van der Waals surface area contributed by atoms with Crippen LogP contribution in [0.5, 0.6) is 0 Å². The maximum atomic E-state index is 3.84. The van der Waals surface area contributed by atoms with Crippen molar-refractivity contribution < 1.29 is 0 Å². The second kappa shape index (κ2) is 9.22. The minimum absolute atomic E-state index is 1.01. The van der Waals surface area contributed by atoms with E-state index in [-0.39, 0.29) is 0 Å². The second-order valence-electron chi connectivity index (χ2n) is 3.64. The number of hydrogen-bond acceptors (Lipinski definition) is 2. The van der Waals surface area contributed by atoms with Crippen LogP contribution in [0.15, 0.2) is 37.1 Å². The first-order valence-electron chi connectivity index (χ1n) is 6.15. The van der Waals surface area contributed by atoms with Gasteiger partial charge in [-0.05, 0) is 32.2 Å². The van der Waals surface area contributed by atoms with Crippen LogP contribution in [0, 0.1) is 0 Å². The molecule has 0 aliphatic carbocycles. The van der Waals surface area contributed by atoms with Crippen molar-refractivity contribution in [3.05, 3.63) is 37.1 Å². The maximum Gasteiger partial charge on any atom is 0.0360 e. The molecule has 0 aromatic heterocycles. The van der Waals surface area contributed by atoms with Crippen LogP contribution in [0.2, 0.25) is 0 Å². The van der Waals surface area contributed by atoms with Crippen molar-refractivity contribution in [1.29, 1.82) is 0 Å². The molecule has 0 bridgehead atoms. The molecule has 0 atom stereocenters. The Morgan fingerprint density at radius 1 is 1.00 bits per heavy atom. The van der Waals surface area contributed by atoms with Crippen molar-refractivity contribution in [2.75, 3.05) is 32.7 Å². The lowest BCUT2D eigenvalue weighted by atomic mass is 10.3. The van der Waals surface area contributed by atoms with E-state index in [0.717, 1.165) is 38.4 Å². The van der Waals surface area contributed by atoms with Crippen LogP contribution in [-0.2, 0) is 0 Å². The van der Waals surface area contributed by atoms with E-state index in [4.69, 9.17) is 0 Å². The molecule has 0 aromatic rings. The lowest BCUT2D eigenvalue weighted by molar-refractivity contribution is 0.254. The SMILES string of the molecule is C=C/C=C(\C=C)N(CC)CCN(CC)CC. The predicted molar refractivity (Wildman–Crippen MR) is 73.5 cm³/mol. The third-order valence-corrected chi connectivity index (χ3v) is 2.83. The summed E-state index contributed by atoms with van der Waals surface area (Å²) in [7, 11) is 0. The number of rotatable bonds is 9. The zero-order chi connectivity index (χ0) is 12.4. The van der Waals surface area contributed by atoms with Crippen LogP contribution in [0.25, 0.3) is 0 Å². The second-order valence-corrected chi connectivity index (χ2v) is 3.64. The molecule has 0 amide bonds. The van der Waals surface area contributed by atoms with Gasteiger partial charge in [-0.25, -0.2) is 0 Å². The summed E-state index contributed by atoms with van der Waals surface area (Å²) in [6.07, 6.45) is 5.73. The van der Waals surface area contributed by atoms with Crippen molar-refractivity contribution in [1.82, 2.24) is 9.80 Å². The molecule has 0 rings (SSSR count). The molecule has 0 unspecified atom stereocenters. The Bertz CT molecular complexity index is 227. The number of allylic oxidation sites excluding steroid dienone is 3. The summed E-state index contributed by atoms with van der Waals surface area (Å²) in [5.41, 5.74) is 1.16. The van der Waals surface area contributed by atoms with Gasteiger partial charge in [0.1, 0.15) is 0 Å². The fraction of sp³-hybridized carbons (Fsp3) is 0.571. The summed E-state index contributed by atoms with van der Waals surface area (Å²) in [6.45, 7) is 19.5. The van der Waals surface area contributed by atoms with Gasteiger partial charge in [-0.1, -0.05) is 33.1 Å². The van der Waals surface area contributed by atoms with E-state index in [9.17, 15) is 0 Å². The lowest BCUT2D eigenvalue weighted by Gasteiger charge is -2.27. The molecule has 0 heterocycles. The summed E-state index contributed by atoms with van der Waals surface area (Å²) in [5, 5.41) is 0. The Kier molecular flexibility index (Phi) is 8.64. The molecular formula is C14H26N2. The molecule has 2 nitrogen and oxygen atoms in total. The van der Waals surface area contributed by atoms with Gasteiger partial charge in [0.05, 0.1) is 0 Å². The number of nitrogens with zero attached hydrogens (tertiary/aromatic N) is 2. The van der Waals surface area contributed by atoms with Crippen molar-refractivity contribution in [2.24, 2.45) is 0 Å². The zero-order valence-electron chi connectivity index (χ0n) is 11.1. The van der Waals surface area contributed by atoms with Crippen molar-refractivity contribution in [3.8, 4) is 0 Å². The van der Waals surface area contributed by atoms with Crippen molar-refractivity contribution in [2.45, 2.75) is 20.8 Å². The highest BCUT2D eigenvalue weighted by molar-refractivity contribution is 5.19. The van der Waals surface area contributed by atoms with Gasteiger partial charge < -0.3 is 9.80 Å². The lowest BCUT2D eigenvalue weighted by Crippen LogP contribution is -2.34. The Hall–Kier alpha value is -1.02. The van der Waals surface area contributed by atoms with E-state index in [1.54, 1.807) is 0 Å². The number of likely N-dealkylation sites (N-methyl/N-ethyl adjacent to an activating group) is 2. The van der Waals surface area contributed by atoms with Crippen LogP contribution in [0.1, 0.15) is 20.8 Å². The fourth-order valence-corrected chi connectivity index (χ4v) is 1.70. The molecule has 2 heteroatoms. The Morgan fingerprint density at radius 2 is 1.62 bits per heavy atom. The molecule has 0 aromatic carbocycles. The molecule has 92 valence electrons. The molecule has 0 spiro atoms. The quantitative estimate of drug-likeness (QED) is 0.553. The predicted octanol–water partition coefficient (Wildman–Crippen LogP) is 2.91. The summed E-state index contributed by atoms with van der Waals surface area (Å²) in [6, 6.07) is 0. The first kappa shape index (κ1) is 15.0. The summed E-state index contributed by atoms with van der Waals surface area (Å²) in [4.78, 5) is 4.75. The molecule has 0 saturated heterocycles. The molecule has 0 aliphatic heterocycles. The molecular weight excluding hydrogens is 196 g/mol. The average molecular weight is 222 g/mol. The first-order valence-corrected chi connectivity index (χ1v) is 6.15. The number of hydrogen-bond donors (Lipinski definition) is 0. The smallest absolute Gasteiger partial charge is 0.0360 e. The van der Waals surface area contributed by atoms with Crippen LogP contribution >= 0.6 is 0 Å². The van der Waals surface area contributed by atoms with Crippen molar-refractivity contribution >= 4 is 0 Å². The Labute approximate surface area is 101 Å². The largest absolute Gasteiger partial charge is 0.371 e. The molecule has 0 aliphatic rings. The van der Waals surface area contributed by atoms with E-state index in [2.05, 4.69) is 43.7 Å². The van der Waals surface area contributed by atoms with Crippen LogP contribution in [0.4, 0.5) is 0 Å². The summed E-state index contributed by atoms with van der Waals surface area (Å²) in [5.74, 6) is 0. The highest BCUT2D eigenvalue weighted by Gasteiger charge is 2.05. The van der Waals surface area contributed by atoms with Crippen LogP contribution < -0.4 is 0 Å². The third-order valence-electron chi connectivity index (χ3n) is 2.83. The first-order chi connectivity index (χ1) is 7.73. The van der Waals surface area contributed by atoms with Gasteiger partial charge in [0.2, 0.25) is 0 Å². The van der Waals surface area contributed by atoms with E-state index >= 15 is 0 Å². The minimum atomic E-state index is 1.01. The van der Waals surface area contributed by atoms with Gasteiger partial charge in [0.25, 0.3) is 0 Å². The fourth-order valence-electron chi connectivity index (χ4n) is 1.70. The highest BCUT2D eigenvalue weighted by Crippen LogP contribution is 2.05. The topological polar surface area (TPSA) is 6.48 Å². The molecule has 0 radical (unpaired) electrons. The molecule has 0 fully saturated rings. The van der Waals surface area contributed by atoms with Gasteiger partial charge in [-0.15, -0.1) is 0 Å². The van der Waals surface area contributed by atoms with E-state index < -0.39 is 0 Å². The van der Waals surface area contributed by atoms with E-state index in [0.29, 0.717) is 0 Å². The normalized spacial score (nSPS) is 11.6. The van der Waals surface area contributed by atoms with Gasteiger partial charge in [-0.2, -0.15) is 0 Å². The molecule has 16 heavy (non-hydrogen) atoms. The molecule has 0 saturated carbocycles. The summed E-state index contributed by atoms with van der Waals surface area (Å²) >= 11 is 0. The van der Waals surface area contributed by atoms with E-state index in [1.165, 1.54) is 0 Å². The highest BCUT2D eigenvalue weighted by atomic mass is 15.2. The van der Waals surface area contributed by atoms with E-state index in [1.807, 2.05) is 18.2 Å². The average Bonchev–Trinajstić information content (AvgIpc) is 2.33. The Balaban J connectivity index is 4.33. The standard InChI is InChI=1S/C14H26N2/c1-6-11-14(7-2)16(10-5)13-12-15(8-3)9-4/h6-7,11H,1-2,8-10,12-13H2,3-5H3/b14-11+. The Morgan fingerprint density at radius 3 is 2.00 bits per heavy atom. The maximum absolute atomic E-state index is 3.84. The van der Waals surface area contributed by atoms with Crippen molar-refractivity contribution in [3.63, 3.8) is 0 Å².